The van der Waals surface area contributed by atoms with E-state index in [4.69, 9.17) is 0 Å². The summed E-state index contributed by atoms with van der Waals surface area (Å²) in [7, 11) is 0. The van der Waals surface area contributed by atoms with Gasteiger partial charge in [0.05, 0.1) is 0 Å². The highest BCUT2D eigenvalue weighted by Gasteiger charge is 2.28. The van der Waals surface area contributed by atoms with Crippen LogP contribution in [0.25, 0.3) is 0 Å². The minimum Gasteiger partial charge on any atom is -0.370 e. The number of nitrogens with one attached hydrogen (secondary N) is 2. The van der Waals surface area contributed by atoms with Gasteiger partial charge in [0.15, 0.2) is 0 Å². The fraction of sp³-hybridized carbons (Fsp3) is 0.765. The molecule has 2 rings (SSSR count). The molecule has 0 aliphatic heterocycles. The molecule has 21 heavy (non-hydrogen) atoms. The number of aromatic nitrogens is 2. The Balaban J connectivity index is 2.25. The minimum atomic E-state index is 0.179. The molecule has 1 aliphatic carbocycles. The Bertz CT molecular complexity index is 450. The van der Waals surface area contributed by atoms with Gasteiger partial charge in [0, 0.05) is 17.6 Å². The van der Waals surface area contributed by atoms with E-state index in [1.54, 1.807) is 6.33 Å². The molecular weight excluding hydrogens is 260 g/mol. The van der Waals surface area contributed by atoms with E-state index in [9.17, 15) is 0 Å². The van der Waals surface area contributed by atoms with E-state index in [1.165, 1.54) is 37.7 Å². The van der Waals surface area contributed by atoms with Crippen molar-refractivity contribution in [3.05, 3.63) is 11.9 Å². The third kappa shape index (κ3) is 4.08. The standard InChI is InChI=1S/C17H30N4/c1-5-11-18-15-14(13(2)3)16(20-12-19-15)21-17(4)9-7-6-8-10-17/h12-13H,5-11H2,1-4H3,(H2,18,19,20,21). The first-order chi connectivity index (χ1) is 10.1. The Kier molecular flexibility index (Phi) is 5.43. The van der Waals surface area contributed by atoms with E-state index in [0.29, 0.717) is 5.92 Å². The average Bonchev–Trinajstić information content (AvgIpc) is 2.45. The third-order valence-corrected chi connectivity index (χ3v) is 4.38. The molecule has 118 valence electrons. The number of rotatable bonds is 6. The molecule has 0 bridgehead atoms. The van der Waals surface area contributed by atoms with Gasteiger partial charge in [0.2, 0.25) is 0 Å². The monoisotopic (exact) mass is 290 g/mol. The lowest BCUT2D eigenvalue weighted by Gasteiger charge is -2.36. The van der Waals surface area contributed by atoms with Crippen molar-refractivity contribution in [2.45, 2.75) is 77.7 Å². The molecule has 1 aliphatic rings. The van der Waals surface area contributed by atoms with Crippen LogP contribution in [0.1, 0.15) is 77.7 Å². The van der Waals surface area contributed by atoms with Crippen LogP contribution in [0.5, 0.6) is 0 Å². The van der Waals surface area contributed by atoms with Crippen molar-refractivity contribution in [2.75, 3.05) is 17.2 Å². The first-order valence-corrected chi connectivity index (χ1v) is 8.42. The van der Waals surface area contributed by atoms with Crippen molar-refractivity contribution < 1.29 is 0 Å². The fourth-order valence-corrected chi connectivity index (χ4v) is 3.17. The Morgan fingerprint density at radius 2 is 1.81 bits per heavy atom. The van der Waals surface area contributed by atoms with E-state index < -0.39 is 0 Å². The Morgan fingerprint density at radius 3 is 2.43 bits per heavy atom. The number of anilines is 2. The van der Waals surface area contributed by atoms with Crippen LogP contribution in [-0.4, -0.2) is 22.1 Å². The van der Waals surface area contributed by atoms with Crippen LogP contribution in [0.2, 0.25) is 0 Å². The second kappa shape index (κ2) is 7.10. The van der Waals surface area contributed by atoms with Gasteiger partial charge < -0.3 is 10.6 Å². The maximum Gasteiger partial charge on any atom is 0.135 e. The van der Waals surface area contributed by atoms with E-state index >= 15 is 0 Å². The maximum atomic E-state index is 4.55. The van der Waals surface area contributed by atoms with Crippen molar-refractivity contribution >= 4 is 11.6 Å². The van der Waals surface area contributed by atoms with E-state index in [1.807, 2.05) is 0 Å². The lowest BCUT2D eigenvalue weighted by atomic mass is 9.83. The molecule has 0 amide bonds. The SMILES string of the molecule is CCCNc1ncnc(NC2(C)CCCCC2)c1C(C)C. The molecule has 1 aromatic rings. The van der Waals surface area contributed by atoms with E-state index in [0.717, 1.165) is 24.6 Å². The van der Waals surface area contributed by atoms with Crippen molar-refractivity contribution in [3.8, 4) is 0 Å². The summed E-state index contributed by atoms with van der Waals surface area (Å²) in [5, 5.41) is 7.18. The summed E-state index contributed by atoms with van der Waals surface area (Å²) >= 11 is 0. The van der Waals surface area contributed by atoms with E-state index in [2.05, 4.69) is 48.3 Å². The molecular formula is C17H30N4. The van der Waals surface area contributed by atoms with Gasteiger partial charge in [-0.1, -0.05) is 40.0 Å². The Labute approximate surface area is 129 Å². The average molecular weight is 290 g/mol. The molecule has 0 spiro atoms. The minimum absolute atomic E-state index is 0.179. The molecule has 1 aromatic heterocycles. The van der Waals surface area contributed by atoms with Gasteiger partial charge in [-0.05, 0) is 32.1 Å². The van der Waals surface area contributed by atoms with Gasteiger partial charge in [-0.25, -0.2) is 9.97 Å². The molecule has 4 heteroatoms. The number of hydrogen-bond donors (Lipinski definition) is 2. The predicted octanol–water partition coefficient (Wildman–Crippen LogP) is 4.56. The topological polar surface area (TPSA) is 49.8 Å². The van der Waals surface area contributed by atoms with Gasteiger partial charge in [0.1, 0.15) is 18.0 Å². The lowest BCUT2D eigenvalue weighted by Crippen LogP contribution is -2.37. The second-order valence-corrected chi connectivity index (χ2v) is 6.81. The first-order valence-electron chi connectivity index (χ1n) is 8.42. The van der Waals surface area contributed by atoms with Crippen molar-refractivity contribution in [3.63, 3.8) is 0 Å². The van der Waals surface area contributed by atoms with Gasteiger partial charge in [0.25, 0.3) is 0 Å². The molecule has 0 saturated heterocycles. The Morgan fingerprint density at radius 1 is 1.14 bits per heavy atom. The molecule has 1 saturated carbocycles. The summed E-state index contributed by atoms with van der Waals surface area (Å²) < 4.78 is 0. The Hall–Kier alpha value is -1.32. The van der Waals surface area contributed by atoms with Gasteiger partial charge in [-0.15, -0.1) is 0 Å². The number of hydrogen-bond acceptors (Lipinski definition) is 4. The maximum absolute atomic E-state index is 4.55. The van der Waals surface area contributed by atoms with Crippen LogP contribution < -0.4 is 10.6 Å². The molecule has 2 N–H and O–H groups in total. The summed E-state index contributed by atoms with van der Waals surface area (Å²) in [6, 6.07) is 0. The van der Waals surface area contributed by atoms with Crippen LogP contribution in [0.3, 0.4) is 0 Å². The largest absolute Gasteiger partial charge is 0.370 e. The van der Waals surface area contributed by atoms with Crippen LogP contribution in [0.4, 0.5) is 11.6 Å². The van der Waals surface area contributed by atoms with E-state index in [-0.39, 0.29) is 5.54 Å². The van der Waals surface area contributed by atoms with Gasteiger partial charge >= 0.3 is 0 Å². The summed E-state index contributed by atoms with van der Waals surface area (Å²) in [5.41, 5.74) is 1.40. The van der Waals surface area contributed by atoms with Crippen LogP contribution in [0, 0.1) is 0 Å². The van der Waals surface area contributed by atoms with Crippen molar-refractivity contribution in [1.29, 1.82) is 0 Å². The highest BCUT2D eigenvalue weighted by molar-refractivity contribution is 5.59. The third-order valence-electron chi connectivity index (χ3n) is 4.38. The highest BCUT2D eigenvalue weighted by Crippen LogP contribution is 2.35. The molecule has 0 radical (unpaired) electrons. The molecule has 0 unspecified atom stereocenters. The zero-order valence-corrected chi connectivity index (χ0v) is 14.0. The lowest BCUT2D eigenvalue weighted by molar-refractivity contribution is 0.348. The summed E-state index contributed by atoms with van der Waals surface area (Å²) in [6.07, 6.45) is 9.22. The zero-order valence-electron chi connectivity index (χ0n) is 14.0. The molecule has 1 fully saturated rings. The first kappa shape index (κ1) is 16.1. The van der Waals surface area contributed by atoms with Crippen LogP contribution in [0.15, 0.2) is 6.33 Å². The second-order valence-electron chi connectivity index (χ2n) is 6.81. The molecule has 4 nitrogen and oxygen atoms in total. The predicted molar refractivity (Wildman–Crippen MR) is 90.0 cm³/mol. The van der Waals surface area contributed by atoms with Crippen molar-refractivity contribution in [2.24, 2.45) is 0 Å². The summed E-state index contributed by atoms with van der Waals surface area (Å²) in [5.74, 6) is 2.41. The zero-order chi connectivity index (χ0) is 15.3. The molecule has 0 aromatic carbocycles. The van der Waals surface area contributed by atoms with Crippen LogP contribution >= 0.6 is 0 Å². The summed E-state index contributed by atoms with van der Waals surface area (Å²) in [6.45, 7) is 9.88. The number of nitrogens with zero attached hydrogens (tertiary/aromatic N) is 2. The molecule has 1 heterocycles. The van der Waals surface area contributed by atoms with Crippen molar-refractivity contribution in [1.82, 2.24) is 9.97 Å². The normalized spacial score (nSPS) is 17.8. The highest BCUT2D eigenvalue weighted by atomic mass is 15.1. The quantitative estimate of drug-likeness (QED) is 0.806. The van der Waals surface area contributed by atoms with Crippen LogP contribution in [-0.2, 0) is 0 Å². The van der Waals surface area contributed by atoms with Gasteiger partial charge in [-0.2, -0.15) is 0 Å². The summed E-state index contributed by atoms with van der Waals surface area (Å²) in [4.78, 5) is 9.00. The van der Waals surface area contributed by atoms with Gasteiger partial charge in [-0.3, -0.25) is 0 Å². The smallest absolute Gasteiger partial charge is 0.135 e. The molecule has 0 atom stereocenters. The fourth-order valence-electron chi connectivity index (χ4n) is 3.17.